The Bertz CT molecular complexity index is 311. The molecule has 0 radical (unpaired) electrons. The minimum atomic E-state index is 0.261. The first-order valence-corrected chi connectivity index (χ1v) is 5.64. The van der Waals surface area contributed by atoms with E-state index in [1.54, 1.807) is 29.2 Å². The monoisotopic (exact) mass is 196 g/mol. The number of ketones is 1. The zero-order valence-corrected chi connectivity index (χ0v) is 8.08. The first kappa shape index (κ1) is 8.08. The summed E-state index contributed by atoms with van der Waals surface area (Å²) in [6.07, 6.45) is 2.46. The smallest absolute Gasteiger partial charge is 0.157 e. The summed E-state index contributed by atoms with van der Waals surface area (Å²) < 4.78 is 0. The summed E-state index contributed by atoms with van der Waals surface area (Å²) >= 11 is 3.47. The Balaban J connectivity index is 2.29. The average Bonchev–Trinajstić information content (AvgIpc) is 2.56. The predicted molar refractivity (Wildman–Crippen MR) is 54.4 cm³/mol. The SMILES string of the molecule is O=C1C=C(c2cccs2)SCC1. The quantitative estimate of drug-likeness (QED) is 0.687. The minimum absolute atomic E-state index is 0.261. The fourth-order valence-electron chi connectivity index (χ4n) is 1.08. The van der Waals surface area contributed by atoms with E-state index in [0.717, 1.165) is 10.7 Å². The molecule has 12 heavy (non-hydrogen) atoms. The van der Waals surface area contributed by atoms with Gasteiger partial charge >= 0.3 is 0 Å². The van der Waals surface area contributed by atoms with Gasteiger partial charge < -0.3 is 0 Å². The van der Waals surface area contributed by atoms with Crippen LogP contribution in [0.4, 0.5) is 0 Å². The summed E-state index contributed by atoms with van der Waals surface area (Å²) in [5, 5.41) is 2.04. The lowest BCUT2D eigenvalue weighted by Gasteiger charge is -2.08. The third-order valence-corrected chi connectivity index (χ3v) is 3.75. The Morgan fingerprint density at radius 1 is 1.42 bits per heavy atom. The molecular formula is C9H8OS2. The van der Waals surface area contributed by atoms with Crippen LogP contribution >= 0.6 is 23.1 Å². The van der Waals surface area contributed by atoms with E-state index in [1.807, 2.05) is 11.4 Å². The zero-order valence-electron chi connectivity index (χ0n) is 6.45. The highest BCUT2D eigenvalue weighted by atomic mass is 32.2. The van der Waals surface area contributed by atoms with Crippen molar-refractivity contribution >= 4 is 33.8 Å². The van der Waals surface area contributed by atoms with Crippen molar-refractivity contribution in [3.63, 3.8) is 0 Å². The van der Waals surface area contributed by atoms with Crippen LogP contribution in [0, 0.1) is 0 Å². The van der Waals surface area contributed by atoms with Crippen LogP contribution in [0.5, 0.6) is 0 Å². The molecule has 0 spiro atoms. The van der Waals surface area contributed by atoms with E-state index in [2.05, 4.69) is 6.07 Å². The fraction of sp³-hybridized carbons (Fsp3) is 0.222. The normalized spacial score (nSPS) is 17.7. The molecule has 0 N–H and O–H groups in total. The summed E-state index contributed by atoms with van der Waals surface area (Å²) in [4.78, 5) is 13.4. The van der Waals surface area contributed by atoms with Crippen molar-refractivity contribution in [2.24, 2.45) is 0 Å². The van der Waals surface area contributed by atoms with E-state index in [0.29, 0.717) is 6.42 Å². The number of allylic oxidation sites excluding steroid dienone is 1. The van der Waals surface area contributed by atoms with Crippen LogP contribution < -0.4 is 0 Å². The van der Waals surface area contributed by atoms with Gasteiger partial charge in [0.15, 0.2) is 5.78 Å². The summed E-state index contributed by atoms with van der Waals surface area (Å²) in [7, 11) is 0. The Labute approximate surface area is 79.5 Å². The number of hydrogen-bond acceptors (Lipinski definition) is 3. The molecule has 0 aromatic carbocycles. The molecule has 0 saturated carbocycles. The molecule has 0 aliphatic carbocycles. The van der Waals surface area contributed by atoms with Crippen molar-refractivity contribution in [2.75, 3.05) is 5.75 Å². The van der Waals surface area contributed by atoms with Crippen LogP contribution in [0.2, 0.25) is 0 Å². The van der Waals surface area contributed by atoms with Crippen molar-refractivity contribution in [2.45, 2.75) is 6.42 Å². The van der Waals surface area contributed by atoms with Crippen LogP contribution in [-0.2, 0) is 4.79 Å². The second-order valence-electron chi connectivity index (χ2n) is 2.55. The van der Waals surface area contributed by atoms with Gasteiger partial charge in [0.05, 0.1) is 0 Å². The topological polar surface area (TPSA) is 17.1 Å². The third kappa shape index (κ3) is 1.62. The van der Waals surface area contributed by atoms with Gasteiger partial charge in [-0.25, -0.2) is 0 Å². The Morgan fingerprint density at radius 2 is 2.33 bits per heavy atom. The molecule has 2 rings (SSSR count). The third-order valence-electron chi connectivity index (χ3n) is 1.66. The van der Waals surface area contributed by atoms with E-state index >= 15 is 0 Å². The second-order valence-corrected chi connectivity index (χ2v) is 4.64. The van der Waals surface area contributed by atoms with Crippen LogP contribution in [-0.4, -0.2) is 11.5 Å². The molecule has 0 atom stereocenters. The highest BCUT2D eigenvalue weighted by Gasteiger charge is 2.12. The van der Waals surface area contributed by atoms with Crippen molar-refractivity contribution in [1.29, 1.82) is 0 Å². The lowest BCUT2D eigenvalue weighted by atomic mass is 10.2. The fourth-order valence-corrected chi connectivity index (χ4v) is 2.99. The lowest BCUT2D eigenvalue weighted by Crippen LogP contribution is -2.00. The molecule has 1 aromatic heterocycles. The van der Waals surface area contributed by atoms with E-state index in [-0.39, 0.29) is 5.78 Å². The van der Waals surface area contributed by atoms with Crippen LogP contribution in [0.15, 0.2) is 23.6 Å². The van der Waals surface area contributed by atoms with Gasteiger partial charge in [0.2, 0.25) is 0 Å². The number of hydrogen-bond donors (Lipinski definition) is 0. The van der Waals surface area contributed by atoms with E-state index < -0.39 is 0 Å². The molecule has 0 bridgehead atoms. The number of thiophene rings is 1. The van der Waals surface area contributed by atoms with E-state index in [4.69, 9.17) is 0 Å². The van der Waals surface area contributed by atoms with Crippen molar-refractivity contribution in [3.8, 4) is 0 Å². The van der Waals surface area contributed by atoms with Crippen molar-refractivity contribution in [1.82, 2.24) is 0 Å². The summed E-state index contributed by atoms with van der Waals surface area (Å²) in [6.45, 7) is 0. The molecule has 2 heterocycles. The molecule has 0 fully saturated rings. The molecule has 0 saturated heterocycles. The molecule has 62 valence electrons. The molecule has 1 aromatic rings. The van der Waals surface area contributed by atoms with Crippen molar-refractivity contribution in [3.05, 3.63) is 28.5 Å². The highest BCUT2D eigenvalue weighted by molar-refractivity contribution is 8.08. The number of thioether (sulfide) groups is 1. The molecule has 1 aliphatic heterocycles. The Morgan fingerprint density at radius 3 is 3.00 bits per heavy atom. The van der Waals surface area contributed by atoms with Gasteiger partial charge in [0.1, 0.15) is 0 Å². The lowest BCUT2D eigenvalue weighted by molar-refractivity contribution is -0.114. The maximum atomic E-state index is 11.1. The maximum Gasteiger partial charge on any atom is 0.157 e. The molecule has 0 amide bonds. The zero-order chi connectivity index (χ0) is 8.39. The number of rotatable bonds is 1. The summed E-state index contributed by atoms with van der Waals surface area (Å²) in [5.74, 6) is 1.19. The second kappa shape index (κ2) is 3.46. The van der Waals surface area contributed by atoms with Gasteiger partial charge in [-0.3, -0.25) is 4.79 Å². The van der Waals surface area contributed by atoms with E-state index in [9.17, 15) is 4.79 Å². The highest BCUT2D eigenvalue weighted by Crippen LogP contribution is 2.33. The molecular weight excluding hydrogens is 188 g/mol. The van der Waals surface area contributed by atoms with Gasteiger partial charge in [-0.2, -0.15) is 0 Å². The molecule has 0 unspecified atom stereocenters. The molecule has 3 heteroatoms. The largest absolute Gasteiger partial charge is 0.295 e. The Kier molecular flexibility index (Phi) is 2.33. The summed E-state index contributed by atoms with van der Waals surface area (Å²) in [6, 6.07) is 4.07. The molecule has 1 aliphatic rings. The van der Waals surface area contributed by atoms with Gasteiger partial charge in [0, 0.05) is 22.0 Å². The van der Waals surface area contributed by atoms with Gasteiger partial charge in [0.25, 0.3) is 0 Å². The molecule has 1 nitrogen and oxygen atoms in total. The first-order chi connectivity index (χ1) is 5.86. The predicted octanol–water partition coefficient (Wildman–Crippen LogP) is 2.80. The maximum absolute atomic E-state index is 11.1. The van der Waals surface area contributed by atoms with Crippen LogP contribution in [0.3, 0.4) is 0 Å². The van der Waals surface area contributed by atoms with Crippen LogP contribution in [0.1, 0.15) is 11.3 Å². The van der Waals surface area contributed by atoms with Gasteiger partial charge in [-0.15, -0.1) is 23.1 Å². The summed E-state index contributed by atoms with van der Waals surface area (Å²) in [5.41, 5.74) is 0. The van der Waals surface area contributed by atoms with Crippen LogP contribution in [0.25, 0.3) is 4.91 Å². The minimum Gasteiger partial charge on any atom is -0.295 e. The van der Waals surface area contributed by atoms with Gasteiger partial charge in [-0.1, -0.05) is 6.07 Å². The standard InChI is InChI=1S/C9H8OS2/c10-7-3-5-12-9(6-7)8-2-1-4-11-8/h1-2,4,6H,3,5H2. The average molecular weight is 196 g/mol. The van der Waals surface area contributed by atoms with E-state index in [1.165, 1.54) is 4.88 Å². The number of carbonyl (C=O) groups is 1. The first-order valence-electron chi connectivity index (χ1n) is 3.77. The van der Waals surface area contributed by atoms with Gasteiger partial charge in [-0.05, 0) is 17.5 Å². The number of carbonyl (C=O) groups excluding carboxylic acids is 1. The van der Waals surface area contributed by atoms with Crippen molar-refractivity contribution < 1.29 is 4.79 Å². The Hall–Kier alpha value is -0.540.